The van der Waals surface area contributed by atoms with Crippen molar-refractivity contribution in [3.63, 3.8) is 0 Å². The Labute approximate surface area is 111 Å². The molecule has 0 bridgehead atoms. The van der Waals surface area contributed by atoms with Gasteiger partial charge in [0.05, 0.1) is 10.4 Å². The largest absolute Gasteiger partial charge is 0.366 e. The summed E-state index contributed by atoms with van der Waals surface area (Å²) >= 11 is 1.26. The molecule has 1 aliphatic carbocycles. The highest BCUT2D eigenvalue weighted by molar-refractivity contribution is 7.12. The van der Waals surface area contributed by atoms with Crippen molar-refractivity contribution >= 4 is 23.2 Å². The summed E-state index contributed by atoms with van der Waals surface area (Å²) < 4.78 is 0. The summed E-state index contributed by atoms with van der Waals surface area (Å²) in [7, 11) is 0. The lowest BCUT2D eigenvalue weighted by Crippen LogP contribution is -2.37. The number of rotatable bonds is 3. The molecule has 2 rings (SSSR count). The lowest BCUT2D eigenvalue weighted by atomic mass is 9.87. The minimum atomic E-state index is -0.489. The highest BCUT2D eigenvalue weighted by atomic mass is 32.1. The highest BCUT2D eigenvalue weighted by Crippen LogP contribution is 2.24. The van der Waals surface area contributed by atoms with Crippen LogP contribution < -0.4 is 11.1 Å². The summed E-state index contributed by atoms with van der Waals surface area (Å²) in [6.45, 7) is 2.25. The topological polar surface area (TPSA) is 72.2 Å². The van der Waals surface area contributed by atoms with Crippen LogP contribution in [0.15, 0.2) is 11.4 Å². The van der Waals surface area contributed by atoms with Crippen LogP contribution in [0.2, 0.25) is 0 Å². The van der Waals surface area contributed by atoms with Gasteiger partial charge < -0.3 is 11.1 Å². The molecule has 1 fully saturated rings. The van der Waals surface area contributed by atoms with Gasteiger partial charge in [-0.2, -0.15) is 0 Å². The molecule has 1 aromatic rings. The first kappa shape index (κ1) is 13.1. The molecule has 4 nitrogen and oxygen atoms in total. The average Bonchev–Trinajstić information content (AvgIpc) is 2.81. The molecular weight excluding hydrogens is 248 g/mol. The van der Waals surface area contributed by atoms with E-state index in [0.29, 0.717) is 10.4 Å². The number of carbonyl (C=O) groups excluding carboxylic acids is 2. The van der Waals surface area contributed by atoms with E-state index in [0.717, 1.165) is 18.8 Å². The monoisotopic (exact) mass is 266 g/mol. The normalized spacial score (nSPS) is 23.6. The molecule has 0 unspecified atom stereocenters. The molecule has 0 aromatic carbocycles. The smallest absolute Gasteiger partial charge is 0.261 e. The van der Waals surface area contributed by atoms with Gasteiger partial charge in [0.1, 0.15) is 0 Å². The fraction of sp³-hybridized carbons (Fsp3) is 0.538. The van der Waals surface area contributed by atoms with Gasteiger partial charge in [0.15, 0.2) is 0 Å². The second kappa shape index (κ2) is 5.52. The molecule has 1 aliphatic rings. The first-order valence-electron chi connectivity index (χ1n) is 6.25. The van der Waals surface area contributed by atoms with E-state index in [1.165, 1.54) is 24.2 Å². The molecule has 1 saturated carbocycles. The van der Waals surface area contributed by atoms with Crippen LogP contribution >= 0.6 is 11.3 Å². The maximum absolute atomic E-state index is 12.0. The van der Waals surface area contributed by atoms with E-state index in [1.807, 2.05) is 0 Å². The van der Waals surface area contributed by atoms with Crippen molar-refractivity contribution < 1.29 is 9.59 Å². The van der Waals surface area contributed by atoms with Crippen molar-refractivity contribution in [1.29, 1.82) is 0 Å². The van der Waals surface area contributed by atoms with E-state index in [4.69, 9.17) is 5.73 Å². The molecule has 0 spiro atoms. The van der Waals surface area contributed by atoms with Crippen LogP contribution in [0.1, 0.15) is 52.6 Å². The van der Waals surface area contributed by atoms with Gasteiger partial charge in [-0.1, -0.05) is 6.92 Å². The van der Waals surface area contributed by atoms with Crippen molar-refractivity contribution in [2.45, 2.75) is 38.6 Å². The first-order valence-corrected chi connectivity index (χ1v) is 7.13. The van der Waals surface area contributed by atoms with Gasteiger partial charge in [0.2, 0.25) is 5.91 Å². The summed E-state index contributed by atoms with van der Waals surface area (Å²) in [5.74, 6) is 0.185. The van der Waals surface area contributed by atoms with Crippen LogP contribution in [0.25, 0.3) is 0 Å². The van der Waals surface area contributed by atoms with Crippen LogP contribution in [0.4, 0.5) is 0 Å². The quantitative estimate of drug-likeness (QED) is 0.880. The van der Waals surface area contributed by atoms with E-state index in [-0.39, 0.29) is 11.9 Å². The Kier molecular flexibility index (Phi) is 4.01. The number of hydrogen-bond acceptors (Lipinski definition) is 3. The average molecular weight is 266 g/mol. The maximum atomic E-state index is 12.0. The zero-order valence-corrected chi connectivity index (χ0v) is 11.3. The zero-order valence-electron chi connectivity index (χ0n) is 10.4. The molecule has 0 radical (unpaired) electrons. The first-order chi connectivity index (χ1) is 8.56. The maximum Gasteiger partial charge on any atom is 0.261 e. The van der Waals surface area contributed by atoms with Crippen molar-refractivity contribution in [2.24, 2.45) is 11.7 Å². The Morgan fingerprint density at radius 3 is 2.56 bits per heavy atom. The van der Waals surface area contributed by atoms with Crippen molar-refractivity contribution in [3.05, 3.63) is 21.9 Å². The van der Waals surface area contributed by atoms with Crippen LogP contribution in [0.5, 0.6) is 0 Å². The Morgan fingerprint density at radius 1 is 1.33 bits per heavy atom. The van der Waals surface area contributed by atoms with Gasteiger partial charge >= 0.3 is 0 Å². The predicted molar refractivity (Wildman–Crippen MR) is 71.7 cm³/mol. The van der Waals surface area contributed by atoms with E-state index >= 15 is 0 Å². The molecule has 0 saturated heterocycles. The van der Waals surface area contributed by atoms with Crippen LogP contribution in [0.3, 0.4) is 0 Å². The Morgan fingerprint density at radius 2 is 2.00 bits per heavy atom. The van der Waals surface area contributed by atoms with E-state index in [9.17, 15) is 9.59 Å². The molecule has 18 heavy (non-hydrogen) atoms. The number of primary amides is 1. The van der Waals surface area contributed by atoms with Gasteiger partial charge in [0, 0.05) is 11.4 Å². The Hall–Kier alpha value is -1.36. The fourth-order valence-corrected chi connectivity index (χ4v) is 3.04. The van der Waals surface area contributed by atoms with Crippen molar-refractivity contribution in [3.8, 4) is 0 Å². The van der Waals surface area contributed by atoms with Gasteiger partial charge in [-0.3, -0.25) is 9.59 Å². The number of nitrogens with one attached hydrogen (secondary N) is 1. The number of thiophene rings is 1. The van der Waals surface area contributed by atoms with E-state index in [2.05, 4.69) is 12.2 Å². The third-order valence-electron chi connectivity index (χ3n) is 3.46. The number of carbonyl (C=O) groups is 2. The highest BCUT2D eigenvalue weighted by Gasteiger charge is 2.21. The number of nitrogens with two attached hydrogens (primary N) is 1. The summed E-state index contributed by atoms with van der Waals surface area (Å²) in [6.07, 6.45) is 4.42. The Bertz CT molecular complexity index is 448. The molecule has 3 N–H and O–H groups in total. The van der Waals surface area contributed by atoms with Crippen LogP contribution in [-0.4, -0.2) is 17.9 Å². The SMILES string of the molecule is CC1CCC(NC(=O)c2cc(C(N)=O)cs2)CC1. The molecule has 5 heteroatoms. The van der Waals surface area contributed by atoms with Crippen LogP contribution in [0, 0.1) is 5.92 Å². The molecule has 0 atom stereocenters. The van der Waals surface area contributed by atoms with Gasteiger partial charge in [-0.05, 0) is 37.7 Å². The zero-order chi connectivity index (χ0) is 13.1. The fourth-order valence-electron chi connectivity index (χ4n) is 2.25. The lowest BCUT2D eigenvalue weighted by molar-refractivity contribution is 0.0927. The lowest BCUT2D eigenvalue weighted by Gasteiger charge is -2.26. The molecule has 2 amide bonds. The molecular formula is C13H18N2O2S. The third kappa shape index (κ3) is 3.10. The second-order valence-electron chi connectivity index (χ2n) is 4.99. The standard InChI is InChI=1S/C13H18N2O2S/c1-8-2-4-10(5-3-8)15-13(17)11-6-9(7-18-11)12(14)16/h6-8,10H,2-5H2,1H3,(H2,14,16)(H,15,17). The predicted octanol–water partition coefficient (Wildman–Crippen LogP) is 2.16. The van der Waals surface area contributed by atoms with Gasteiger partial charge in [0.25, 0.3) is 5.91 Å². The molecule has 0 aliphatic heterocycles. The third-order valence-corrected chi connectivity index (χ3v) is 4.39. The second-order valence-corrected chi connectivity index (χ2v) is 5.91. The van der Waals surface area contributed by atoms with Crippen molar-refractivity contribution in [1.82, 2.24) is 5.32 Å². The summed E-state index contributed by atoms with van der Waals surface area (Å²) in [5, 5.41) is 4.65. The van der Waals surface area contributed by atoms with Gasteiger partial charge in [-0.15, -0.1) is 11.3 Å². The van der Waals surface area contributed by atoms with Crippen molar-refractivity contribution in [2.75, 3.05) is 0 Å². The molecule has 98 valence electrons. The minimum Gasteiger partial charge on any atom is -0.366 e. The van der Waals surface area contributed by atoms with Gasteiger partial charge in [-0.25, -0.2) is 0 Å². The number of hydrogen-bond donors (Lipinski definition) is 2. The summed E-state index contributed by atoms with van der Waals surface area (Å²) in [6, 6.07) is 1.83. The summed E-state index contributed by atoms with van der Waals surface area (Å²) in [5.41, 5.74) is 5.57. The minimum absolute atomic E-state index is 0.0907. The van der Waals surface area contributed by atoms with E-state index < -0.39 is 5.91 Å². The number of amides is 2. The van der Waals surface area contributed by atoms with Crippen LogP contribution in [-0.2, 0) is 0 Å². The molecule has 1 aromatic heterocycles. The molecule has 1 heterocycles. The summed E-state index contributed by atoms with van der Waals surface area (Å²) in [4.78, 5) is 23.5. The Balaban J connectivity index is 1.93. The van der Waals surface area contributed by atoms with E-state index in [1.54, 1.807) is 11.4 Å².